The number of carboxylic acids is 1. The summed E-state index contributed by atoms with van der Waals surface area (Å²) in [6.45, 7) is 1.57. The molecular formula is C14H12FNO3. The third-order valence-corrected chi connectivity index (χ3v) is 2.77. The van der Waals surface area contributed by atoms with Gasteiger partial charge in [0.2, 0.25) is 0 Å². The van der Waals surface area contributed by atoms with Crippen LogP contribution in [0.5, 0.6) is 5.75 Å². The van der Waals surface area contributed by atoms with Gasteiger partial charge in [-0.1, -0.05) is 6.07 Å². The minimum absolute atomic E-state index is 0.0963. The number of ether oxygens (including phenoxy) is 1. The molecule has 1 N–H and O–H groups in total. The zero-order valence-corrected chi connectivity index (χ0v) is 10.5. The summed E-state index contributed by atoms with van der Waals surface area (Å²) in [5, 5.41) is 8.94. The maximum atomic E-state index is 13.9. The fraction of sp³-hybridized carbons (Fsp3) is 0.143. The number of carbonyl (C=O) groups is 1. The Morgan fingerprint density at radius 1 is 1.32 bits per heavy atom. The molecule has 0 aliphatic carbocycles. The number of aromatic nitrogens is 1. The van der Waals surface area contributed by atoms with Gasteiger partial charge in [-0.15, -0.1) is 0 Å². The Bertz CT molecular complexity index is 641. The molecular weight excluding hydrogens is 249 g/mol. The van der Waals surface area contributed by atoms with Crippen LogP contribution in [0.3, 0.4) is 0 Å². The number of carboxylic acid groups (broad SMARTS) is 1. The molecule has 0 aliphatic rings. The molecule has 5 heteroatoms. The van der Waals surface area contributed by atoms with Gasteiger partial charge in [0.25, 0.3) is 0 Å². The number of aryl methyl sites for hydroxylation is 1. The largest absolute Gasteiger partial charge is 0.496 e. The van der Waals surface area contributed by atoms with Gasteiger partial charge in [-0.25, -0.2) is 9.18 Å². The van der Waals surface area contributed by atoms with Gasteiger partial charge in [0, 0.05) is 0 Å². The monoisotopic (exact) mass is 261 g/mol. The molecule has 98 valence electrons. The first-order chi connectivity index (χ1) is 9.04. The summed E-state index contributed by atoms with van der Waals surface area (Å²) < 4.78 is 19.0. The number of nitrogens with zero attached hydrogens (tertiary/aromatic N) is 1. The molecule has 19 heavy (non-hydrogen) atoms. The zero-order valence-electron chi connectivity index (χ0n) is 10.5. The lowest BCUT2D eigenvalue weighted by Crippen LogP contribution is -2.03. The Kier molecular flexibility index (Phi) is 3.46. The Labute approximate surface area is 109 Å². The van der Waals surface area contributed by atoms with Crippen LogP contribution < -0.4 is 4.74 Å². The van der Waals surface area contributed by atoms with Gasteiger partial charge < -0.3 is 9.84 Å². The molecule has 0 saturated carbocycles. The first-order valence-electron chi connectivity index (χ1n) is 5.58. The quantitative estimate of drug-likeness (QED) is 0.922. The maximum Gasteiger partial charge on any atom is 0.337 e. The predicted molar refractivity (Wildman–Crippen MR) is 67.9 cm³/mol. The highest BCUT2D eigenvalue weighted by molar-refractivity contribution is 5.89. The molecule has 2 aromatic rings. The highest BCUT2D eigenvalue weighted by Gasteiger charge is 2.15. The van der Waals surface area contributed by atoms with Crippen molar-refractivity contribution in [3.63, 3.8) is 0 Å². The van der Waals surface area contributed by atoms with Crippen LogP contribution in [-0.4, -0.2) is 23.2 Å². The van der Waals surface area contributed by atoms with Crippen LogP contribution in [0.1, 0.15) is 16.1 Å². The van der Waals surface area contributed by atoms with Crippen molar-refractivity contribution >= 4 is 5.97 Å². The van der Waals surface area contributed by atoms with Crippen molar-refractivity contribution in [1.82, 2.24) is 4.98 Å². The molecule has 0 bridgehead atoms. The molecule has 1 aromatic heterocycles. The number of pyridine rings is 1. The Morgan fingerprint density at radius 2 is 2.05 bits per heavy atom. The van der Waals surface area contributed by atoms with Crippen LogP contribution in [0.2, 0.25) is 0 Å². The Morgan fingerprint density at radius 3 is 2.63 bits per heavy atom. The van der Waals surface area contributed by atoms with Crippen molar-refractivity contribution in [3.05, 3.63) is 47.4 Å². The highest BCUT2D eigenvalue weighted by Crippen LogP contribution is 2.31. The van der Waals surface area contributed by atoms with Gasteiger partial charge in [0.1, 0.15) is 11.6 Å². The standard InChI is InChI=1S/C14H12FNO3/c1-8-9(14(17)18)6-7-11(16-8)13-10(15)4-3-5-12(13)19-2/h3-7H,1-2H3,(H,17,18). The molecule has 0 spiro atoms. The third kappa shape index (κ3) is 2.40. The van der Waals surface area contributed by atoms with Crippen LogP contribution in [-0.2, 0) is 0 Å². The summed E-state index contributed by atoms with van der Waals surface area (Å²) >= 11 is 0. The van der Waals surface area contributed by atoms with Gasteiger partial charge in [-0.05, 0) is 31.2 Å². The lowest BCUT2D eigenvalue weighted by atomic mass is 10.1. The van der Waals surface area contributed by atoms with Gasteiger partial charge in [0.05, 0.1) is 29.6 Å². The first kappa shape index (κ1) is 13.0. The van der Waals surface area contributed by atoms with E-state index >= 15 is 0 Å². The molecule has 0 amide bonds. The van der Waals surface area contributed by atoms with E-state index in [1.165, 1.54) is 31.4 Å². The van der Waals surface area contributed by atoms with Crippen molar-refractivity contribution < 1.29 is 19.0 Å². The van der Waals surface area contributed by atoms with E-state index in [2.05, 4.69) is 4.98 Å². The van der Waals surface area contributed by atoms with E-state index in [1.807, 2.05) is 0 Å². The van der Waals surface area contributed by atoms with Gasteiger partial charge in [-0.3, -0.25) is 4.98 Å². The second-order valence-corrected chi connectivity index (χ2v) is 3.95. The van der Waals surface area contributed by atoms with Gasteiger partial charge >= 0.3 is 5.97 Å². The normalized spacial score (nSPS) is 10.3. The topological polar surface area (TPSA) is 59.4 Å². The number of halogens is 1. The van der Waals surface area contributed by atoms with Crippen molar-refractivity contribution in [2.24, 2.45) is 0 Å². The van der Waals surface area contributed by atoms with E-state index in [-0.39, 0.29) is 11.1 Å². The molecule has 0 atom stereocenters. The molecule has 0 aliphatic heterocycles. The Hall–Kier alpha value is -2.43. The van der Waals surface area contributed by atoms with Gasteiger partial charge in [-0.2, -0.15) is 0 Å². The molecule has 4 nitrogen and oxygen atoms in total. The first-order valence-corrected chi connectivity index (χ1v) is 5.58. The number of hydrogen-bond acceptors (Lipinski definition) is 3. The number of hydrogen-bond donors (Lipinski definition) is 1. The van der Waals surface area contributed by atoms with E-state index in [0.29, 0.717) is 17.1 Å². The predicted octanol–water partition coefficient (Wildman–Crippen LogP) is 2.90. The summed E-state index contributed by atoms with van der Waals surface area (Å²) in [5.74, 6) is -1.17. The summed E-state index contributed by atoms with van der Waals surface area (Å²) in [5.41, 5.74) is 0.997. The minimum Gasteiger partial charge on any atom is -0.496 e. The van der Waals surface area contributed by atoms with Gasteiger partial charge in [0.15, 0.2) is 0 Å². The van der Waals surface area contributed by atoms with E-state index in [9.17, 15) is 9.18 Å². The van der Waals surface area contributed by atoms with E-state index < -0.39 is 11.8 Å². The Balaban J connectivity index is 2.60. The molecule has 1 aromatic carbocycles. The van der Waals surface area contributed by atoms with Crippen molar-refractivity contribution in [2.75, 3.05) is 7.11 Å². The maximum absolute atomic E-state index is 13.9. The number of benzene rings is 1. The molecule has 0 saturated heterocycles. The fourth-order valence-electron chi connectivity index (χ4n) is 1.85. The smallest absolute Gasteiger partial charge is 0.337 e. The number of aromatic carboxylic acids is 1. The van der Waals surface area contributed by atoms with Crippen LogP contribution >= 0.6 is 0 Å². The molecule has 1 heterocycles. The minimum atomic E-state index is -1.06. The molecule has 2 rings (SSSR count). The van der Waals surface area contributed by atoms with Crippen LogP contribution in [0.15, 0.2) is 30.3 Å². The number of methoxy groups -OCH3 is 1. The zero-order chi connectivity index (χ0) is 14.0. The second kappa shape index (κ2) is 5.06. The van der Waals surface area contributed by atoms with Crippen LogP contribution in [0.25, 0.3) is 11.3 Å². The molecule has 0 radical (unpaired) electrons. The summed E-state index contributed by atoms with van der Waals surface area (Å²) in [6.07, 6.45) is 0. The lowest BCUT2D eigenvalue weighted by molar-refractivity contribution is 0.0695. The molecule has 0 unspecified atom stereocenters. The van der Waals surface area contributed by atoms with E-state index in [1.54, 1.807) is 13.0 Å². The van der Waals surface area contributed by atoms with Crippen LogP contribution in [0.4, 0.5) is 4.39 Å². The summed E-state index contributed by atoms with van der Waals surface area (Å²) in [4.78, 5) is 15.1. The van der Waals surface area contributed by atoms with Crippen molar-refractivity contribution in [3.8, 4) is 17.0 Å². The average Bonchev–Trinajstić information content (AvgIpc) is 2.37. The van der Waals surface area contributed by atoms with E-state index in [0.717, 1.165) is 0 Å². The summed E-state index contributed by atoms with van der Waals surface area (Å²) in [6, 6.07) is 7.35. The van der Waals surface area contributed by atoms with Crippen molar-refractivity contribution in [2.45, 2.75) is 6.92 Å². The second-order valence-electron chi connectivity index (χ2n) is 3.95. The van der Waals surface area contributed by atoms with Crippen LogP contribution in [0, 0.1) is 12.7 Å². The van der Waals surface area contributed by atoms with E-state index in [4.69, 9.17) is 9.84 Å². The number of rotatable bonds is 3. The fourth-order valence-corrected chi connectivity index (χ4v) is 1.85. The van der Waals surface area contributed by atoms with Crippen molar-refractivity contribution in [1.29, 1.82) is 0 Å². The highest BCUT2D eigenvalue weighted by atomic mass is 19.1. The third-order valence-electron chi connectivity index (χ3n) is 2.77. The SMILES string of the molecule is COc1cccc(F)c1-c1ccc(C(=O)O)c(C)n1. The average molecular weight is 261 g/mol. The molecule has 0 fully saturated rings. The lowest BCUT2D eigenvalue weighted by Gasteiger charge is -2.10. The summed E-state index contributed by atoms with van der Waals surface area (Å²) in [7, 11) is 1.44.